The summed E-state index contributed by atoms with van der Waals surface area (Å²) in [4.78, 5) is 15.1. The molecule has 0 saturated carbocycles. The molecule has 0 saturated heterocycles. The predicted octanol–water partition coefficient (Wildman–Crippen LogP) is 1.64. The second-order valence-corrected chi connectivity index (χ2v) is 5.04. The number of hydrogen-bond donors (Lipinski definition) is 4. The minimum absolute atomic E-state index is 0.217. The number of carbonyl (C=O) groups excluding carboxylic acids is 1. The number of nitrogens with one attached hydrogen (secondary N) is 2. The van der Waals surface area contributed by atoms with Gasteiger partial charge in [0.05, 0.1) is 11.2 Å². The molecule has 5 heteroatoms. The quantitative estimate of drug-likeness (QED) is 0.630. The summed E-state index contributed by atoms with van der Waals surface area (Å²) in [5.74, 6) is -0.217. The molecule has 0 radical (unpaired) electrons. The Bertz CT molecular complexity index is 602. The lowest BCUT2D eigenvalue weighted by Gasteiger charge is -2.21. The highest BCUT2D eigenvalue weighted by atomic mass is 16.3. The molecule has 1 heterocycles. The molecule has 5 N–H and O–H groups in total. The number of nitrogen functional groups attached to an aromatic ring is 1. The van der Waals surface area contributed by atoms with Gasteiger partial charge in [0.1, 0.15) is 0 Å². The SMILES string of the molecule is CCC(C)(O)CNC(=O)c1c[nH]c2ccc(N)cc12. The van der Waals surface area contributed by atoms with E-state index >= 15 is 0 Å². The fourth-order valence-corrected chi connectivity index (χ4v) is 1.82. The molecule has 1 amide bonds. The van der Waals surface area contributed by atoms with E-state index in [1.807, 2.05) is 13.0 Å². The van der Waals surface area contributed by atoms with E-state index in [0.717, 1.165) is 10.9 Å². The molecule has 0 aliphatic rings. The van der Waals surface area contributed by atoms with Crippen molar-refractivity contribution in [3.8, 4) is 0 Å². The van der Waals surface area contributed by atoms with Crippen LogP contribution in [-0.2, 0) is 0 Å². The average Bonchev–Trinajstić information content (AvgIpc) is 2.79. The van der Waals surface area contributed by atoms with Crippen LogP contribution in [-0.4, -0.2) is 28.1 Å². The Morgan fingerprint density at radius 3 is 2.95 bits per heavy atom. The zero-order valence-electron chi connectivity index (χ0n) is 11.2. The van der Waals surface area contributed by atoms with Crippen molar-refractivity contribution in [3.05, 3.63) is 30.0 Å². The Balaban J connectivity index is 2.20. The Labute approximate surface area is 111 Å². The molecule has 0 aliphatic heterocycles. The monoisotopic (exact) mass is 261 g/mol. The molecule has 102 valence electrons. The number of benzene rings is 1. The Morgan fingerprint density at radius 2 is 2.26 bits per heavy atom. The first-order valence-electron chi connectivity index (χ1n) is 6.30. The molecule has 0 fully saturated rings. The molecule has 0 spiro atoms. The van der Waals surface area contributed by atoms with E-state index in [9.17, 15) is 9.90 Å². The fourth-order valence-electron chi connectivity index (χ4n) is 1.82. The predicted molar refractivity (Wildman–Crippen MR) is 76.0 cm³/mol. The lowest BCUT2D eigenvalue weighted by Crippen LogP contribution is -2.40. The van der Waals surface area contributed by atoms with Crippen molar-refractivity contribution in [3.63, 3.8) is 0 Å². The molecule has 2 rings (SSSR count). The molecular weight excluding hydrogens is 242 g/mol. The maximum atomic E-state index is 12.1. The van der Waals surface area contributed by atoms with Crippen LogP contribution < -0.4 is 11.1 Å². The average molecular weight is 261 g/mol. The summed E-state index contributed by atoms with van der Waals surface area (Å²) in [7, 11) is 0. The van der Waals surface area contributed by atoms with E-state index < -0.39 is 5.60 Å². The number of rotatable bonds is 4. The Hall–Kier alpha value is -2.01. The van der Waals surface area contributed by atoms with E-state index in [1.54, 1.807) is 25.3 Å². The van der Waals surface area contributed by atoms with Crippen molar-refractivity contribution in [2.24, 2.45) is 0 Å². The number of carbonyl (C=O) groups is 1. The van der Waals surface area contributed by atoms with E-state index in [0.29, 0.717) is 17.7 Å². The van der Waals surface area contributed by atoms with Gasteiger partial charge in [-0.25, -0.2) is 0 Å². The van der Waals surface area contributed by atoms with Crippen molar-refractivity contribution in [1.82, 2.24) is 10.3 Å². The molecule has 0 aliphatic carbocycles. The second kappa shape index (κ2) is 4.93. The minimum Gasteiger partial charge on any atom is -0.399 e. The van der Waals surface area contributed by atoms with Gasteiger partial charge in [-0.05, 0) is 31.5 Å². The topological polar surface area (TPSA) is 91.1 Å². The number of anilines is 1. The van der Waals surface area contributed by atoms with Crippen LogP contribution in [0.1, 0.15) is 30.6 Å². The van der Waals surface area contributed by atoms with E-state index in [2.05, 4.69) is 10.3 Å². The summed E-state index contributed by atoms with van der Waals surface area (Å²) in [5, 5.41) is 13.4. The highest BCUT2D eigenvalue weighted by Crippen LogP contribution is 2.21. The van der Waals surface area contributed by atoms with Crippen LogP contribution in [0.15, 0.2) is 24.4 Å². The van der Waals surface area contributed by atoms with Gasteiger partial charge in [-0.2, -0.15) is 0 Å². The van der Waals surface area contributed by atoms with Gasteiger partial charge in [-0.15, -0.1) is 0 Å². The van der Waals surface area contributed by atoms with Crippen LogP contribution in [0.4, 0.5) is 5.69 Å². The number of H-pyrrole nitrogens is 1. The van der Waals surface area contributed by atoms with Crippen LogP contribution in [0.5, 0.6) is 0 Å². The first kappa shape index (κ1) is 13.4. The van der Waals surface area contributed by atoms with Gasteiger partial charge < -0.3 is 21.1 Å². The molecule has 5 nitrogen and oxygen atoms in total. The van der Waals surface area contributed by atoms with E-state index in [4.69, 9.17) is 5.73 Å². The largest absolute Gasteiger partial charge is 0.399 e. The zero-order valence-corrected chi connectivity index (χ0v) is 11.2. The molecule has 1 aromatic heterocycles. The number of nitrogens with two attached hydrogens (primary N) is 1. The second-order valence-electron chi connectivity index (χ2n) is 5.04. The Kier molecular flexibility index (Phi) is 3.48. The van der Waals surface area contributed by atoms with Crippen molar-refractivity contribution in [2.45, 2.75) is 25.9 Å². The van der Waals surface area contributed by atoms with Crippen LogP contribution >= 0.6 is 0 Å². The fraction of sp³-hybridized carbons (Fsp3) is 0.357. The molecule has 1 atom stereocenters. The summed E-state index contributed by atoms with van der Waals surface area (Å²) in [6.07, 6.45) is 2.23. The van der Waals surface area contributed by atoms with Crippen LogP contribution in [0.25, 0.3) is 10.9 Å². The molecule has 2 aromatic rings. The van der Waals surface area contributed by atoms with E-state index in [1.165, 1.54) is 0 Å². The van der Waals surface area contributed by atoms with Gasteiger partial charge in [0, 0.05) is 29.3 Å². The number of aromatic amines is 1. The lowest BCUT2D eigenvalue weighted by molar-refractivity contribution is 0.0519. The van der Waals surface area contributed by atoms with Gasteiger partial charge in [0.2, 0.25) is 0 Å². The van der Waals surface area contributed by atoms with Crippen molar-refractivity contribution >= 4 is 22.5 Å². The highest BCUT2D eigenvalue weighted by Gasteiger charge is 2.20. The Morgan fingerprint density at radius 1 is 1.53 bits per heavy atom. The summed E-state index contributed by atoms with van der Waals surface area (Å²) in [6, 6.07) is 5.38. The van der Waals surface area contributed by atoms with Crippen molar-refractivity contribution in [1.29, 1.82) is 0 Å². The normalized spacial score (nSPS) is 14.3. The highest BCUT2D eigenvalue weighted by molar-refractivity contribution is 6.07. The number of fused-ring (bicyclic) bond motifs is 1. The van der Waals surface area contributed by atoms with Crippen molar-refractivity contribution < 1.29 is 9.90 Å². The maximum absolute atomic E-state index is 12.1. The third-order valence-corrected chi connectivity index (χ3v) is 3.34. The molecule has 1 aromatic carbocycles. The molecular formula is C14H19N3O2. The first-order chi connectivity index (χ1) is 8.93. The summed E-state index contributed by atoms with van der Waals surface area (Å²) < 4.78 is 0. The summed E-state index contributed by atoms with van der Waals surface area (Å²) in [5.41, 5.74) is 6.85. The van der Waals surface area contributed by atoms with Gasteiger partial charge >= 0.3 is 0 Å². The lowest BCUT2D eigenvalue weighted by atomic mass is 10.0. The van der Waals surface area contributed by atoms with Crippen LogP contribution in [0.2, 0.25) is 0 Å². The minimum atomic E-state index is -0.888. The van der Waals surface area contributed by atoms with Gasteiger partial charge in [0.15, 0.2) is 0 Å². The smallest absolute Gasteiger partial charge is 0.253 e. The van der Waals surface area contributed by atoms with Crippen molar-refractivity contribution in [2.75, 3.05) is 12.3 Å². The first-order valence-corrected chi connectivity index (χ1v) is 6.30. The van der Waals surface area contributed by atoms with E-state index in [-0.39, 0.29) is 12.5 Å². The van der Waals surface area contributed by atoms with Gasteiger partial charge in [-0.3, -0.25) is 4.79 Å². The van der Waals surface area contributed by atoms with Gasteiger partial charge in [0.25, 0.3) is 5.91 Å². The molecule has 1 unspecified atom stereocenters. The number of aromatic nitrogens is 1. The van der Waals surface area contributed by atoms with Crippen LogP contribution in [0.3, 0.4) is 0 Å². The number of hydrogen-bond acceptors (Lipinski definition) is 3. The number of amides is 1. The summed E-state index contributed by atoms with van der Waals surface area (Å²) >= 11 is 0. The van der Waals surface area contributed by atoms with Crippen LogP contribution in [0, 0.1) is 0 Å². The summed E-state index contributed by atoms with van der Waals surface area (Å²) in [6.45, 7) is 3.79. The maximum Gasteiger partial charge on any atom is 0.253 e. The zero-order chi connectivity index (χ0) is 14.0. The molecule has 19 heavy (non-hydrogen) atoms. The third-order valence-electron chi connectivity index (χ3n) is 3.34. The third kappa shape index (κ3) is 2.88. The van der Waals surface area contributed by atoms with Gasteiger partial charge in [-0.1, -0.05) is 6.92 Å². The standard InChI is InChI=1S/C14H19N3O2/c1-3-14(2,19)8-17-13(18)11-7-16-12-5-4-9(15)6-10(11)12/h4-7,16,19H,3,8,15H2,1-2H3,(H,17,18). The number of aliphatic hydroxyl groups is 1. The molecule has 0 bridgehead atoms.